The predicted molar refractivity (Wildman–Crippen MR) is 119 cm³/mol. The van der Waals surface area contributed by atoms with Gasteiger partial charge < -0.3 is 9.84 Å². The topological polar surface area (TPSA) is 29.5 Å². The zero-order chi connectivity index (χ0) is 21.1. The lowest BCUT2D eigenvalue weighted by Crippen LogP contribution is -2.35. The molecular formula is C24H30Cl2O2. The predicted octanol–water partition coefficient (Wildman–Crippen LogP) is 7.17. The second kappa shape index (κ2) is 9.00. The van der Waals surface area contributed by atoms with Crippen LogP contribution in [0.1, 0.15) is 57.4 Å². The van der Waals surface area contributed by atoms with Crippen LogP contribution in [0.3, 0.4) is 0 Å². The van der Waals surface area contributed by atoms with Crippen molar-refractivity contribution in [1.82, 2.24) is 0 Å². The lowest BCUT2D eigenvalue weighted by molar-refractivity contribution is -0.0580. The molecule has 1 N–H and O–H groups in total. The number of halogens is 2. The molecule has 0 aliphatic carbocycles. The lowest BCUT2D eigenvalue weighted by atomic mass is 9.78. The van der Waals surface area contributed by atoms with Crippen molar-refractivity contribution in [3.63, 3.8) is 0 Å². The molecule has 2 aromatic carbocycles. The van der Waals surface area contributed by atoms with E-state index in [0.29, 0.717) is 16.5 Å². The van der Waals surface area contributed by atoms with Gasteiger partial charge in [0.1, 0.15) is 0 Å². The van der Waals surface area contributed by atoms with Crippen LogP contribution in [-0.4, -0.2) is 10.7 Å². The van der Waals surface area contributed by atoms with Crippen molar-refractivity contribution in [2.45, 2.75) is 59.4 Å². The summed E-state index contributed by atoms with van der Waals surface area (Å²) in [6.07, 6.45) is 0.269. The van der Waals surface area contributed by atoms with Crippen molar-refractivity contribution in [1.29, 1.82) is 0 Å². The Kier molecular flexibility index (Phi) is 7.38. The molecule has 0 aromatic heterocycles. The van der Waals surface area contributed by atoms with E-state index in [1.54, 1.807) is 0 Å². The maximum Gasteiger partial charge on any atom is 0.0905 e. The molecule has 0 spiro atoms. The molecule has 152 valence electrons. The first-order chi connectivity index (χ1) is 13.0. The molecule has 1 unspecified atom stereocenters. The zero-order valence-corrected chi connectivity index (χ0v) is 18.9. The zero-order valence-electron chi connectivity index (χ0n) is 17.4. The minimum atomic E-state index is -0.573. The van der Waals surface area contributed by atoms with Gasteiger partial charge in [-0.15, -0.1) is 0 Å². The summed E-state index contributed by atoms with van der Waals surface area (Å²) in [5.41, 5.74) is 3.07. The molecule has 0 saturated carbocycles. The molecule has 1 atom stereocenters. The SMILES string of the molecule is C=C(C(C)(C)C)C(C)(C)OC(Cc1ccc(CO)cc1)c1c(Cl)cccc1Cl. The molecule has 28 heavy (non-hydrogen) atoms. The van der Waals surface area contributed by atoms with Crippen LogP contribution in [0, 0.1) is 5.41 Å². The fourth-order valence-electron chi connectivity index (χ4n) is 3.35. The van der Waals surface area contributed by atoms with Crippen LogP contribution in [0.2, 0.25) is 10.0 Å². The summed E-state index contributed by atoms with van der Waals surface area (Å²) in [5.74, 6) is 0. The van der Waals surface area contributed by atoms with Crippen LogP contribution in [0.5, 0.6) is 0 Å². The van der Waals surface area contributed by atoms with Crippen LogP contribution >= 0.6 is 23.2 Å². The quantitative estimate of drug-likeness (QED) is 0.481. The van der Waals surface area contributed by atoms with E-state index < -0.39 is 5.60 Å². The maximum atomic E-state index is 9.28. The molecule has 0 radical (unpaired) electrons. The van der Waals surface area contributed by atoms with E-state index in [0.717, 1.165) is 22.3 Å². The molecule has 2 aromatic rings. The van der Waals surface area contributed by atoms with E-state index in [1.165, 1.54) is 0 Å². The molecule has 0 amide bonds. The van der Waals surface area contributed by atoms with Gasteiger partial charge in [-0.25, -0.2) is 0 Å². The highest BCUT2D eigenvalue weighted by molar-refractivity contribution is 6.36. The van der Waals surface area contributed by atoms with Gasteiger partial charge in [-0.05, 0) is 48.1 Å². The van der Waals surface area contributed by atoms with E-state index in [9.17, 15) is 5.11 Å². The van der Waals surface area contributed by atoms with Crippen molar-refractivity contribution < 1.29 is 9.84 Å². The van der Waals surface area contributed by atoms with E-state index in [4.69, 9.17) is 27.9 Å². The van der Waals surface area contributed by atoms with Crippen molar-refractivity contribution in [3.05, 3.63) is 81.4 Å². The average Bonchev–Trinajstić information content (AvgIpc) is 2.60. The highest BCUT2D eigenvalue weighted by atomic mass is 35.5. The van der Waals surface area contributed by atoms with Crippen molar-refractivity contribution in [2.24, 2.45) is 5.41 Å². The Morgan fingerprint density at radius 2 is 1.46 bits per heavy atom. The summed E-state index contributed by atoms with van der Waals surface area (Å²) >= 11 is 13.0. The summed E-state index contributed by atoms with van der Waals surface area (Å²) in [5, 5.41) is 10.5. The molecular weight excluding hydrogens is 391 g/mol. The minimum Gasteiger partial charge on any atom is -0.392 e. The van der Waals surface area contributed by atoms with E-state index in [1.807, 2.05) is 56.3 Å². The Bertz CT molecular complexity index is 797. The number of ether oxygens (including phenoxy) is 1. The largest absolute Gasteiger partial charge is 0.392 e. The first-order valence-electron chi connectivity index (χ1n) is 9.46. The molecule has 2 rings (SSSR count). The van der Waals surface area contributed by atoms with Gasteiger partial charge in [0.05, 0.1) is 18.3 Å². The first-order valence-corrected chi connectivity index (χ1v) is 10.2. The smallest absolute Gasteiger partial charge is 0.0905 e. The van der Waals surface area contributed by atoms with Crippen molar-refractivity contribution in [2.75, 3.05) is 0 Å². The summed E-state index contributed by atoms with van der Waals surface area (Å²) in [4.78, 5) is 0. The lowest BCUT2D eigenvalue weighted by Gasteiger charge is -2.39. The number of rotatable bonds is 7. The van der Waals surface area contributed by atoms with E-state index in [2.05, 4.69) is 27.4 Å². The van der Waals surface area contributed by atoms with Gasteiger partial charge in [-0.3, -0.25) is 0 Å². The number of aliphatic hydroxyl groups excluding tert-OH is 1. The molecule has 4 heteroatoms. The number of benzene rings is 2. The fraction of sp³-hybridized carbons (Fsp3) is 0.417. The average molecular weight is 421 g/mol. The number of hydrogen-bond acceptors (Lipinski definition) is 2. The van der Waals surface area contributed by atoms with Gasteiger partial charge in [-0.1, -0.05) is 80.9 Å². The maximum absolute atomic E-state index is 9.28. The van der Waals surface area contributed by atoms with Gasteiger partial charge in [0.2, 0.25) is 0 Å². The molecule has 0 bridgehead atoms. The summed E-state index contributed by atoms with van der Waals surface area (Å²) < 4.78 is 6.62. The van der Waals surface area contributed by atoms with Gasteiger partial charge in [0.25, 0.3) is 0 Å². The third kappa shape index (κ3) is 5.61. The van der Waals surface area contributed by atoms with Crippen LogP contribution < -0.4 is 0 Å². The number of hydrogen-bond donors (Lipinski definition) is 1. The highest BCUT2D eigenvalue weighted by Crippen LogP contribution is 2.41. The van der Waals surface area contributed by atoms with E-state index >= 15 is 0 Å². The standard InChI is InChI=1S/C24H30Cl2O2/c1-16(23(2,3)4)24(5,6)28-21(22-19(25)8-7-9-20(22)26)14-17-10-12-18(15-27)13-11-17/h7-13,21,27H,1,14-15H2,2-6H3. The normalized spacial score (nSPS) is 13.4. The molecule has 0 aliphatic heterocycles. The molecule has 2 nitrogen and oxygen atoms in total. The van der Waals surface area contributed by atoms with Crippen molar-refractivity contribution >= 4 is 23.2 Å². The van der Waals surface area contributed by atoms with Gasteiger partial charge in [-0.2, -0.15) is 0 Å². The Hall–Kier alpha value is -1.32. The summed E-state index contributed by atoms with van der Waals surface area (Å²) in [7, 11) is 0. The van der Waals surface area contributed by atoms with Crippen LogP contribution in [0.25, 0.3) is 0 Å². The van der Waals surface area contributed by atoms with Crippen LogP contribution in [0.4, 0.5) is 0 Å². The first kappa shape index (κ1) is 23.0. The van der Waals surface area contributed by atoms with E-state index in [-0.39, 0.29) is 18.1 Å². The Balaban J connectivity index is 2.42. The van der Waals surface area contributed by atoms with Gasteiger partial charge in [0, 0.05) is 22.0 Å². The Morgan fingerprint density at radius 1 is 0.964 bits per heavy atom. The molecule has 0 saturated heterocycles. The van der Waals surface area contributed by atoms with Crippen LogP contribution in [0.15, 0.2) is 54.6 Å². The monoisotopic (exact) mass is 420 g/mol. The third-order valence-corrected chi connectivity index (χ3v) is 5.68. The summed E-state index contributed by atoms with van der Waals surface area (Å²) in [6, 6.07) is 13.3. The van der Waals surface area contributed by atoms with Crippen molar-refractivity contribution in [3.8, 4) is 0 Å². The minimum absolute atomic E-state index is 0.0228. The fourth-order valence-corrected chi connectivity index (χ4v) is 3.99. The third-order valence-electron chi connectivity index (χ3n) is 5.02. The molecule has 0 fully saturated rings. The van der Waals surface area contributed by atoms with Gasteiger partial charge >= 0.3 is 0 Å². The second-order valence-corrected chi connectivity index (χ2v) is 9.47. The Morgan fingerprint density at radius 3 is 1.93 bits per heavy atom. The highest BCUT2D eigenvalue weighted by Gasteiger charge is 2.34. The Labute approximate surface area is 179 Å². The molecule has 0 heterocycles. The van der Waals surface area contributed by atoms with Gasteiger partial charge in [0.15, 0.2) is 0 Å². The summed E-state index contributed by atoms with van der Waals surface area (Å²) in [6.45, 7) is 14.8. The van der Waals surface area contributed by atoms with Crippen LogP contribution in [-0.2, 0) is 17.8 Å². The number of aliphatic hydroxyl groups is 1. The molecule has 0 aliphatic rings. The second-order valence-electron chi connectivity index (χ2n) is 8.66.